The van der Waals surface area contributed by atoms with Crippen molar-refractivity contribution < 1.29 is 19.0 Å². The van der Waals surface area contributed by atoms with Gasteiger partial charge in [0.2, 0.25) is 0 Å². The summed E-state index contributed by atoms with van der Waals surface area (Å²) in [6, 6.07) is 20.2. The second-order valence-corrected chi connectivity index (χ2v) is 7.89. The van der Waals surface area contributed by atoms with Gasteiger partial charge >= 0.3 is 0 Å². The Morgan fingerprint density at radius 3 is 2.50 bits per heavy atom. The summed E-state index contributed by atoms with van der Waals surface area (Å²) in [6.07, 6.45) is 3.50. The van der Waals surface area contributed by atoms with Crippen LogP contribution in [0.3, 0.4) is 0 Å². The molecule has 0 fully saturated rings. The van der Waals surface area contributed by atoms with Crippen LogP contribution in [0.15, 0.2) is 71.8 Å². The lowest BCUT2D eigenvalue weighted by Gasteiger charge is -2.13. The number of nitrogens with one attached hydrogen (secondary N) is 1. The van der Waals surface area contributed by atoms with Crippen LogP contribution in [-0.2, 0) is 6.61 Å². The second kappa shape index (κ2) is 13.3. The van der Waals surface area contributed by atoms with Crippen molar-refractivity contribution in [3.63, 3.8) is 0 Å². The molecule has 0 radical (unpaired) electrons. The lowest BCUT2D eigenvalue weighted by atomic mass is 10.2. The van der Waals surface area contributed by atoms with Crippen LogP contribution in [0.2, 0.25) is 5.02 Å². The lowest BCUT2D eigenvalue weighted by molar-refractivity contribution is 0.0954. The first kappa shape index (κ1) is 25.1. The number of unbranched alkanes of at least 4 members (excludes halogenated alkanes) is 1. The smallest absolute Gasteiger partial charge is 0.271 e. The summed E-state index contributed by atoms with van der Waals surface area (Å²) >= 11 is 6.11. The van der Waals surface area contributed by atoms with Gasteiger partial charge < -0.3 is 14.2 Å². The summed E-state index contributed by atoms with van der Waals surface area (Å²) in [5.41, 5.74) is 4.67. The van der Waals surface area contributed by atoms with Gasteiger partial charge in [-0.15, -0.1) is 0 Å². The maximum Gasteiger partial charge on any atom is 0.271 e. The number of rotatable bonds is 12. The second-order valence-electron chi connectivity index (χ2n) is 7.45. The number of halogens is 1. The molecule has 0 spiro atoms. The van der Waals surface area contributed by atoms with Crippen molar-refractivity contribution in [1.82, 2.24) is 5.43 Å². The Balaban J connectivity index is 1.67. The van der Waals surface area contributed by atoms with E-state index in [2.05, 4.69) is 17.5 Å². The number of benzene rings is 3. The maximum atomic E-state index is 12.7. The average Bonchev–Trinajstić information content (AvgIpc) is 2.85. The monoisotopic (exact) mass is 480 g/mol. The molecule has 1 N–H and O–H groups in total. The summed E-state index contributed by atoms with van der Waals surface area (Å²) in [5, 5.41) is 4.65. The van der Waals surface area contributed by atoms with Crippen molar-refractivity contribution in [1.29, 1.82) is 0 Å². The molecule has 0 bridgehead atoms. The SMILES string of the molecule is CCCCOc1ccc(Cl)cc1C=NNC(=O)c1ccc(OCc2ccccc2)c(OCC)c1. The fraction of sp³-hybridized carbons (Fsp3) is 0.259. The van der Waals surface area contributed by atoms with Gasteiger partial charge in [-0.05, 0) is 55.3 Å². The number of carbonyl (C=O) groups excluding carboxylic acids is 1. The third kappa shape index (κ3) is 7.52. The Labute approximate surface area is 205 Å². The number of nitrogens with zero attached hydrogens (tertiary/aromatic N) is 1. The molecule has 0 aliphatic rings. The van der Waals surface area contributed by atoms with E-state index in [0.29, 0.717) is 53.2 Å². The van der Waals surface area contributed by atoms with Gasteiger partial charge in [0.15, 0.2) is 11.5 Å². The molecule has 3 aromatic carbocycles. The third-order valence-electron chi connectivity index (χ3n) is 4.84. The Kier molecular flexibility index (Phi) is 9.80. The number of ether oxygens (including phenoxy) is 3. The number of hydrogen-bond donors (Lipinski definition) is 1. The van der Waals surface area contributed by atoms with E-state index in [1.165, 1.54) is 6.21 Å². The number of carbonyl (C=O) groups is 1. The van der Waals surface area contributed by atoms with Crippen LogP contribution < -0.4 is 19.6 Å². The lowest BCUT2D eigenvalue weighted by Crippen LogP contribution is -2.18. The predicted molar refractivity (Wildman–Crippen MR) is 135 cm³/mol. The van der Waals surface area contributed by atoms with Crippen molar-refractivity contribution in [3.8, 4) is 17.2 Å². The zero-order valence-corrected chi connectivity index (χ0v) is 20.2. The van der Waals surface area contributed by atoms with Crippen LogP contribution in [-0.4, -0.2) is 25.3 Å². The highest BCUT2D eigenvalue weighted by Crippen LogP contribution is 2.29. The standard InChI is InChI=1S/C27H29ClN2O4/c1-3-5-15-33-24-14-12-23(28)16-22(24)18-29-30-27(31)21-11-13-25(26(17-21)32-4-2)34-19-20-9-7-6-8-10-20/h6-14,16-18H,3-5,15,19H2,1-2H3,(H,30,31). The molecular weight excluding hydrogens is 452 g/mol. The van der Waals surface area contributed by atoms with Crippen molar-refractivity contribution in [2.24, 2.45) is 5.10 Å². The first-order valence-corrected chi connectivity index (χ1v) is 11.7. The molecule has 3 rings (SSSR count). The topological polar surface area (TPSA) is 69.2 Å². The predicted octanol–water partition coefficient (Wildman–Crippen LogP) is 6.26. The molecule has 0 aromatic heterocycles. The largest absolute Gasteiger partial charge is 0.493 e. The Morgan fingerprint density at radius 2 is 1.74 bits per heavy atom. The van der Waals surface area contributed by atoms with E-state index in [1.54, 1.807) is 36.4 Å². The molecule has 34 heavy (non-hydrogen) atoms. The summed E-state index contributed by atoms with van der Waals surface area (Å²) in [7, 11) is 0. The van der Waals surface area contributed by atoms with E-state index in [0.717, 1.165) is 18.4 Å². The molecule has 0 aliphatic carbocycles. The Hall–Kier alpha value is -3.51. The van der Waals surface area contributed by atoms with Gasteiger partial charge in [-0.25, -0.2) is 5.43 Å². The minimum absolute atomic E-state index is 0.373. The molecule has 7 heteroatoms. The summed E-state index contributed by atoms with van der Waals surface area (Å²) < 4.78 is 17.4. The summed E-state index contributed by atoms with van der Waals surface area (Å²) in [5.74, 6) is 1.35. The van der Waals surface area contributed by atoms with Crippen molar-refractivity contribution in [3.05, 3.63) is 88.4 Å². The van der Waals surface area contributed by atoms with Gasteiger partial charge in [0.05, 0.1) is 19.4 Å². The molecule has 6 nitrogen and oxygen atoms in total. The van der Waals surface area contributed by atoms with Gasteiger partial charge in [0, 0.05) is 16.1 Å². The summed E-state index contributed by atoms with van der Waals surface area (Å²) in [4.78, 5) is 12.7. The molecular formula is C27H29ClN2O4. The molecule has 0 saturated carbocycles. The van der Waals surface area contributed by atoms with Crippen LogP contribution in [0.5, 0.6) is 17.2 Å². The average molecular weight is 481 g/mol. The molecule has 1 amide bonds. The number of amides is 1. The quantitative estimate of drug-likeness (QED) is 0.189. The van der Waals surface area contributed by atoms with Crippen molar-refractivity contribution >= 4 is 23.7 Å². The minimum Gasteiger partial charge on any atom is -0.493 e. The molecule has 3 aromatic rings. The third-order valence-corrected chi connectivity index (χ3v) is 5.08. The van der Waals surface area contributed by atoms with Gasteiger partial charge in [-0.2, -0.15) is 5.10 Å². The fourth-order valence-corrected chi connectivity index (χ4v) is 3.26. The highest BCUT2D eigenvalue weighted by Gasteiger charge is 2.12. The van der Waals surface area contributed by atoms with E-state index < -0.39 is 0 Å². The van der Waals surface area contributed by atoms with E-state index in [4.69, 9.17) is 25.8 Å². The van der Waals surface area contributed by atoms with Crippen LogP contribution in [0.4, 0.5) is 0 Å². The Bertz CT molecular complexity index is 1100. The van der Waals surface area contributed by atoms with E-state index in [1.807, 2.05) is 37.3 Å². The fourth-order valence-electron chi connectivity index (χ4n) is 3.08. The van der Waals surface area contributed by atoms with Crippen LogP contribution >= 0.6 is 11.6 Å². The van der Waals surface area contributed by atoms with Crippen LogP contribution in [0.1, 0.15) is 48.2 Å². The highest BCUT2D eigenvalue weighted by molar-refractivity contribution is 6.30. The van der Waals surface area contributed by atoms with Crippen molar-refractivity contribution in [2.75, 3.05) is 13.2 Å². The van der Waals surface area contributed by atoms with E-state index >= 15 is 0 Å². The van der Waals surface area contributed by atoms with Gasteiger partial charge in [0.1, 0.15) is 12.4 Å². The summed E-state index contributed by atoms with van der Waals surface area (Å²) in [6.45, 7) is 5.43. The van der Waals surface area contributed by atoms with E-state index in [9.17, 15) is 4.79 Å². The van der Waals surface area contributed by atoms with Gasteiger partial charge in [-0.1, -0.05) is 55.3 Å². The number of hydrazone groups is 1. The number of hydrogen-bond acceptors (Lipinski definition) is 5. The molecule has 178 valence electrons. The van der Waals surface area contributed by atoms with Gasteiger partial charge in [0.25, 0.3) is 5.91 Å². The highest BCUT2D eigenvalue weighted by atomic mass is 35.5. The first-order valence-electron chi connectivity index (χ1n) is 11.3. The molecule has 0 aliphatic heterocycles. The molecule has 0 heterocycles. The zero-order valence-electron chi connectivity index (χ0n) is 19.4. The maximum absolute atomic E-state index is 12.7. The van der Waals surface area contributed by atoms with Crippen LogP contribution in [0.25, 0.3) is 0 Å². The molecule has 0 unspecified atom stereocenters. The molecule has 0 saturated heterocycles. The molecule has 0 atom stereocenters. The van der Waals surface area contributed by atoms with Crippen LogP contribution in [0, 0.1) is 0 Å². The minimum atomic E-state index is -0.373. The zero-order chi connectivity index (χ0) is 24.2. The van der Waals surface area contributed by atoms with E-state index in [-0.39, 0.29) is 5.91 Å². The normalized spacial score (nSPS) is 10.8. The first-order chi connectivity index (χ1) is 16.6. The Morgan fingerprint density at radius 1 is 0.941 bits per heavy atom. The van der Waals surface area contributed by atoms with Gasteiger partial charge in [-0.3, -0.25) is 4.79 Å². The van der Waals surface area contributed by atoms with Crippen molar-refractivity contribution in [2.45, 2.75) is 33.3 Å².